The fourth-order valence-corrected chi connectivity index (χ4v) is 2.54. The van der Waals surface area contributed by atoms with Gasteiger partial charge in [-0.05, 0) is 12.8 Å². The van der Waals surface area contributed by atoms with Crippen LogP contribution in [0.2, 0.25) is 0 Å². The molecule has 3 N–H and O–H groups in total. The van der Waals surface area contributed by atoms with Crippen molar-refractivity contribution >= 4 is 23.6 Å². The molecule has 0 heterocycles. The molecule has 0 saturated heterocycles. The maximum atomic E-state index is 11.8. The Morgan fingerprint density at radius 1 is 1.41 bits per heavy atom. The highest BCUT2D eigenvalue weighted by Gasteiger charge is 2.36. The minimum atomic E-state index is -0.660. The minimum absolute atomic E-state index is 0.0614. The molecule has 17 heavy (non-hydrogen) atoms. The van der Waals surface area contributed by atoms with Crippen molar-refractivity contribution in [1.29, 1.82) is 0 Å². The van der Waals surface area contributed by atoms with E-state index in [0.29, 0.717) is 18.1 Å². The molecule has 0 aromatic rings. The van der Waals surface area contributed by atoms with Crippen molar-refractivity contribution in [3.05, 3.63) is 0 Å². The number of nitrogens with two attached hydrogens (primary N) is 1. The summed E-state index contributed by atoms with van der Waals surface area (Å²) in [4.78, 5) is 22.6. The lowest BCUT2D eigenvalue weighted by Crippen LogP contribution is -2.52. The SMILES string of the molecule is COC(=O)CSCCNC(=O)C1(N)CCCC1. The number of ether oxygens (including phenoxy) is 1. The zero-order chi connectivity index (χ0) is 12.7. The predicted molar refractivity (Wildman–Crippen MR) is 67.7 cm³/mol. The van der Waals surface area contributed by atoms with Crippen LogP contribution in [0.5, 0.6) is 0 Å². The van der Waals surface area contributed by atoms with E-state index in [1.54, 1.807) is 0 Å². The minimum Gasteiger partial charge on any atom is -0.468 e. The highest BCUT2D eigenvalue weighted by molar-refractivity contribution is 7.99. The molecule has 1 amide bonds. The molecule has 0 unspecified atom stereocenters. The molecular weight excluding hydrogens is 240 g/mol. The molecule has 0 radical (unpaired) electrons. The second kappa shape index (κ2) is 6.86. The van der Waals surface area contributed by atoms with E-state index >= 15 is 0 Å². The number of rotatable bonds is 6. The van der Waals surface area contributed by atoms with E-state index < -0.39 is 5.54 Å². The highest BCUT2D eigenvalue weighted by atomic mass is 32.2. The van der Waals surface area contributed by atoms with Crippen LogP contribution in [0, 0.1) is 0 Å². The number of methoxy groups -OCH3 is 1. The van der Waals surface area contributed by atoms with E-state index in [4.69, 9.17) is 5.73 Å². The van der Waals surface area contributed by atoms with Gasteiger partial charge < -0.3 is 15.8 Å². The van der Waals surface area contributed by atoms with Crippen molar-refractivity contribution in [3.8, 4) is 0 Å². The van der Waals surface area contributed by atoms with Gasteiger partial charge in [-0.15, -0.1) is 11.8 Å². The van der Waals surface area contributed by atoms with Crippen molar-refractivity contribution in [1.82, 2.24) is 5.32 Å². The summed E-state index contributed by atoms with van der Waals surface area (Å²) >= 11 is 1.44. The number of hydrogen-bond acceptors (Lipinski definition) is 5. The molecule has 0 aliphatic heterocycles. The van der Waals surface area contributed by atoms with Crippen molar-refractivity contribution < 1.29 is 14.3 Å². The monoisotopic (exact) mass is 260 g/mol. The van der Waals surface area contributed by atoms with Crippen LogP contribution < -0.4 is 11.1 Å². The average Bonchev–Trinajstić information content (AvgIpc) is 2.76. The average molecular weight is 260 g/mol. The zero-order valence-corrected chi connectivity index (χ0v) is 11.0. The summed E-state index contributed by atoms with van der Waals surface area (Å²) in [6.07, 6.45) is 3.60. The molecule has 1 saturated carbocycles. The molecule has 1 rings (SSSR count). The first kappa shape index (κ1) is 14.3. The normalized spacial score (nSPS) is 17.8. The number of thioether (sulfide) groups is 1. The third-order valence-corrected chi connectivity index (χ3v) is 3.86. The van der Waals surface area contributed by atoms with Crippen molar-refractivity contribution in [2.24, 2.45) is 5.73 Å². The predicted octanol–water partition coefficient (Wildman–Crippen LogP) is 0.280. The van der Waals surface area contributed by atoms with Crippen LogP contribution in [0.15, 0.2) is 0 Å². The van der Waals surface area contributed by atoms with Gasteiger partial charge in [-0.1, -0.05) is 12.8 Å². The standard InChI is InChI=1S/C11H20N2O3S/c1-16-9(14)8-17-7-6-13-10(15)11(12)4-2-3-5-11/h2-8,12H2,1H3,(H,13,15). The lowest BCUT2D eigenvalue weighted by Gasteiger charge is -2.22. The largest absolute Gasteiger partial charge is 0.468 e. The van der Waals surface area contributed by atoms with E-state index in [9.17, 15) is 9.59 Å². The first-order valence-corrected chi connectivity index (χ1v) is 6.96. The number of carbonyl (C=O) groups is 2. The molecule has 0 bridgehead atoms. The van der Waals surface area contributed by atoms with Gasteiger partial charge in [0.15, 0.2) is 0 Å². The van der Waals surface area contributed by atoms with E-state index in [1.807, 2.05) is 0 Å². The van der Waals surface area contributed by atoms with Crippen LogP contribution in [0.1, 0.15) is 25.7 Å². The first-order chi connectivity index (χ1) is 8.08. The lowest BCUT2D eigenvalue weighted by molar-refractivity contribution is -0.137. The summed E-state index contributed by atoms with van der Waals surface area (Å²) in [6.45, 7) is 0.541. The Hall–Kier alpha value is -0.750. The van der Waals surface area contributed by atoms with E-state index in [1.165, 1.54) is 18.9 Å². The van der Waals surface area contributed by atoms with Crippen molar-refractivity contribution in [3.63, 3.8) is 0 Å². The number of carbonyl (C=O) groups excluding carboxylic acids is 2. The van der Waals surface area contributed by atoms with Crippen LogP contribution in [-0.4, -0.2) is 42.6 Å². The fourth-order valence-electron chi connectivity index (χ4n) is 1.86. The summed E-state index contributed by atoms with van der Waals surface area (Å²) in [5, 5.41) is 2.82. The molecule has 1 aliphatic rings. The van der Waals surface area contributed by atoms with Crippen LogP contribution in [-0.2, 0) is 14.3 Å². The second-order valence-electron chi connectivity index (χ2n) is 4.25. The van der Waals surface area contributed by atoms with Gasteiger partial charge in [0.25, 0.3) is 0 Å². The quantitative estimate of drug-likeness (QED) is 0.529. The smallest absolute Gasteiger partial charge is 0.315 e. The van der Waals surface area contributed by atoms with Gasteiger partial charge in [0.1, 0.15) is 0 Å². The summed E-state index contributed by atoms with van der Waals surface area (Å²) in [5.41, 5.74) is 5.33. The van der Waals surface area contributed by atoms with Crippen molar-refractivity contribution in [2.45, 2.75) is 31.2 Å². The third kappa shape index (κ3) is 4.55. The van der Waals surface area contributed by atoms with Crippen LogP contribution in [0.3, 0.4) is 0 Å². The molecule has 1 fully saturated rings. The maximum Gasteiger partial charge on any atom is 0.315 e. The second-order valence-corrected chi connectivity index (χ2v) is 5.35. The van der Waals surface area contributed by atoms with Crippen LogP contribution in [0.25, 0.3) is 0 Å². The molecule has 1 aliphatic carbocycles. The Labute approximate surface area is 106 Å². The first-order valence-electron chi connectivity index (χ1n) is 5.80. The zero-order valence-electron chi connectivity index (χ0n) is 10.2. The topological polar surface area (TPSA) is 81.4 Å². The Morgan fingerprint density at radius 3 is 2.65 bits per heavy atom. The van der Waals surface area contributed by atoms with E-state index in [0.717, 1.165) is 25.7 Å². The van der Waals surface area contributed by atoms with Crippen LogP contribution >= 0.6 is 11.8 Å². The summed E-state index contributed by atoms with van der Waals surface area (Å²) < 4.78 is 4.51. The molecule has 0 atom stereocenters. The molecular formula is C11H20N2O3S. The van der Waals surface area contributed by atoms with Gasteiger partial charge in [-0.2, -0.15) is 0 Å². The van der Waals surface area contributed by atoms with Gasteiger partial charge in [0.05, 0.1) is 18.4 Å². The number of hydrogen-bond donors (Lipinski definition) is 2. The molecule has 0 aromatic heterocycles. The van der Waals surface area contributed by atoms with Gasteiger partial charge in [0, 0.05) is 12.3 Å². The van der Waals surface area contributed by atoms with Crippen LogP contribution in [0.4, 0.5) is 0 Å². The number of amides is 1. The molecule has 0 aromatic carbocycles. The Bertz CT molecular complexity index is 278. The maximum absolute atomic E-state index is 11.8. The van der Waals surface area contributed by atoms with Crippen molar-refractivity contribution in [2.75, 3.05) is 25.2 Å². The molecule has 5 nitrogen and oxygen atoms in total. The Balaban J connectivity index is 2.10. The summed E-state index contributed by atoms with van der Waals surface area (Å²) in [5.74, 6) is 0.706. The number of esters is 1. The number of nitrogens with one attached hydrogen (secondary N) is 1. The van der Waals surface area contributed by atoms with E-state index in [2.05, 4.69) is 10.1 Å². The fraction of sp³-hybridized carbons (Fsp3) is 0.818. The Kier molecular flexibility index (Phi) is 5.77. The molecule has 6 heteroatoms. The van der Waals surface area contributed by atoms with E-state index in [-0.39, 0.29) is 11.9 Å². The van der Waals surface area contributed by atoms with Gasteiger partial charge >= 0.3 is 5.97 Å². The molecule has 0 spiro atoms. The Morgan fingerprint density at radius 2 is 2.06 bits per heavy atom. The summed E-state index contributed by atoms with van der Waals surface area (Å²) in [6, 6.07) is 0. The van der Waals surface area contributed by atoms with Gasteiger partial charge in [0.2, 0.25) is 5.91 Å². The third-order valence-electron chi connectivity index (χ3n) is 2.93. The lowest BCUT2D eigenvalue weighted by atomic mass is 9.98. The van der Waals surface area contributed by atoms with Gasteiger partial charge in [-0.25, -0.2) is 0 Å². The highest BCUT2D eigenvalue weighted by Crippen LogP contribution is 2.27. The summed E-state index contributed by atoms with van der Waals surface area (Å²) in [7, 11) is 1.36. The van der Waals surface area contributed by atoms with Gasteiger partial charge in [-0.3, -0.25) is 9.59 Å². The molecule has 98 valence electrons.